The van der Waals surface area contributed by atoms with Crippen LogP contribution in [0.25, 0.3) is 6.08 Å². The van der Waals surface area contributed by atoms with Crippen LogP contribution in [0.5, 0.6) is 11.5 Å². The minimum Gasteiger partial charge on any atom is -0.497 e. The van der Waals surface area contributed by atoms with Gasteiger partial charge >= 0.3 is 0 Å². The maximum atomic E-state index is 12.9. The number of hydrogen-bond acceptors (Lipinski definition) is 4. The van der Waals surface area contributed by atoms with Crippen LogP contribution in [-0.2, 0) is 9.59 Å². The van der Waals surface area contributed by atoms with Crippen LogP contribution in [0.3, 0.4) is 0 Å². The average Bonchev–Trinajstić information content (AvgIpc) is 2.85. The molecule has 1 aliphatic heterocycles. The van der Waals surface area contributed by atoms with Crippen molar-refractivity contribution in [2.24, 2.45) is 0 Å². The first-order valence-corrected chi connectivity index (χ1v) is 10.3. The van der Waals surface area contributed by atoms with Crippen molar-refractivity contribution in [3.63, 3.8) is 0 Å². The highest BCUT2D eigenvalue weighted by Crippen LogP contribution is 2.36. The number of β-lactam (4-membered cyclic amide) rings is 1. The Balaban J connectivity index is 1.48. The maximum absolute atomic E-state index is 12.9. The first-order chi connectivity index (χ1) is 15.7. The number of amides is 2. The van der Waals surface area contributed by atoms with E-state index in [0.29, 0.717) is 5.75 Å². The van der Waals surface area contributed by atoms with Crippen molar-refractivity contribution in [3.05, 3.63) is 102 Å². The SMILES string of the molecule is COc1ccc(C2C(NC(=O)COc3ccccc3)C(=O)N2/C=C/c2ccccc2)cc1. The van der Waals surface area contributed by atoms with Gasteiger partial charge in [0.05, 0.1) is 13.2 Å². The lowest BCUT2D eigenvalue weighted by Gasteiger charge is -2.45. The molecular formula is C26H24N2O4. The third-order valence-corrected chi connectivity index (χ3v) is 5.25. The summed E-state index contributed by atoms with van der Waals surface area (Å²) in [5.74, 6) is 0.799. The van der Waals surface area contributed by atoms with Gasteiger partial charge in [0.15, 0.2) is 6.61 Å². The number of benzene rings is 3. The van der Waals surface area contributed by atoms with E-state index < -0.39 is 6.04 Å². The molecule has 6 nitrogen and oxygen atoms in total. The zero-order valence-corrected chi connectivity index (χ0v) is 17.7. The molecule has 1 fully saturated rings. The van der Waals surface area contributed by atoms with Crippen molar-refractivity contribution in [3.8, 4) is 11.5 Å². The lowest BCUT2D eigenvalue weighted by atomic mass is 9.88. The maximum Gasteiger partial charge on any atom is 0.258 e. The summed E-state index contributed by atoms with van der Waals surface area (Å²) < 4.78 is 10.7. The van der Waals surface area contributed by atoms with E-state index in [-0.39, 0.29) is 24.5 Å². The molecule has 3 aromatic carbocycles. The van der Waals surface area contributed by atoms with E-state index in [4.69, 9.17) is 9.47 Å². The summed E-state index contributed by atoms with van der Waals surface area (Å²) in [5.41, 5.74) is 1.88. The van der Waals surface area contributed by atoms with Crippen molar-refractivity contribution < 1.29 is 19.1 Å². The molecule has 32 heavy (non-hydrogen) atoms. The zero-order valence-electron chi connectivity index (χ0n) is 17.7. The van der Waals surface area contributed by atoms with Gasteiger partial charge in [-0.15, -0.1) is 0 Å². The second kappa shape index (κ2) is 9.83. The largest absolute Gasteiger partial charge is 0.497 e. The quantitative estimate of drug-likeness (QED) is 0.554. The number of nitrogens with one attached hydrogen (secondary N) is 1. The number of likely N-dealkylation sites (tertiary alicyclic amines) is 1. The summed E-state index contributed by atoms with van der Waals surface area (Å²) in [6.45, 7) is -0.164. The van der Waals surface area contributed by atoms with E-state index in [1.165, 1.54) is 0 Å². The van der Waals surface area contributed by atoms with Crippen molar-refractivity contribution in [1.29, 1.82) is 0 Å². The van der Waals surface area contributed by atoms with Gasteiger partial charge in [-0.25, -0.2) is 0 Å². The number of rotatable bonds is 8. The fourth-order valence-corrected chi connectivity index (χ4v) is 3.58. The minimum atomic E-state index is -0.671. The molecule has 3 aromatic rings. The molecule has 2 atom stereocenters. The summed E-state index contributed by atoms with van der Waals surface area (Å²) in [6.07, 6.45) is 3.64. The Kier molecular flexibility index (Phi) is 6.51. The molecule has 162 valence electrons. The Hall–Kier alpha value is -4.06. The van der Waals surface area contributed by atoms with Gasteiger partial charge in [0.1, 0.15) is 17.5 Å². The highest BCUT2D eigenvalue weighted by molar-refractivity contribution is 5.95. The Bertz CT molecular complexity index is 1080. The normalized spacial score (nSPS) is 17.7. The highest BCUT2D eigenvalue weighted by atomic mass is 16.5. The van der Waals surface area contributed by atoms with Crippen molar-refractivity contribution in [2.45, 2.75) is 12.1 Å². The number of nitrogens with zero attached hydrogens (tertiary/aromatic N) is 1. The van der Waals surface area contributed by atoms with E-state index in [0.717, 1.165) is 16.9 Å². The van der Waals surface area contributed by atoms with Crippen LogP contribution in [0.15, 0.2) is 91.1 Å². The molecular weight excluding hydrogens is 404 g/mol. The summed E-state index contributed by atoms with van der Waals surface area (Å²) >= 11 is 0. The van der Waals surface area contributed by atoms with Crippen LogP contribution in [-0.4, -0.2) is 36.5 Å². The molecule has 1 saturated heterocycles. The molecule has 0 spiro atoms. The van der Waals surface area contributed by atoms with Crippen molar-refractivity contribution >= 4 is 17.9 Å². The Labute approximate surface area is 187 Å². The average molecular weight is 428 g/mol. The fraction of sp³-hybridized carbons (Fsp3) is 0.154. The number of hydrogen-bond donors (Lipinski definition) is 1. The zero-order chi connectivity index (χ0) is 22.3. The second-order valence-corrected chi connectivity index (χ2v) is 7.34. The summed E-state index contributed by atoms with van der Waals surface area (Å²) in [6, 6.07) is 25.3. The van der Waals surface area contributed by atoms with Crippen molar-refractivity contribution in [1.82, 2.24) is 10.2 Å². The summed E-state index contributed by atoms with van der Waals surface area (Å²) in [7, 11) is 1.60. The molecule has 2 unspecified atom stereocenters. The fourth-order valence-electron chi connectivity index (χ4n) is 3.58. The van der Waals surface area contributed by atoms with E-state index in [1.807, 2.05) is 78.9 Å². The Morgan fingerprint density at radius 1 is 0.938 bits per heavy atom. The number of carbonyl (C=O) groups is 2. The van der Waals surface area contributed by atoms with Crippen molar-refractivity contribution in [2.75, 3.05) is 13.7 Å². The van der Waals surface area contributed by atoms with Crippen LogP contribution in [0.4, 0.5) is 0 Å². The molecule has 0 aliphatic carbocycles. The molecule has 0 aromatic heterocycles. The lowest BCUT2D eigenvalue weighted by molar-refractivity contribution is -0.149. The molecule has 6 heteroatoms. The van der Waals surface area contributed by atoms with E-state index >= 15 is 0 Å². The van der Waals surface area contributed by atoms with E-state index in [2.05, 4.69) is 5.32 Å². The molecule has 4 rings (SSSR count). The highest BCUT2D eigenvalue weighted by Gasteiger charge is 2.48. The van der Waals surface area contributed by atoms with Gasteiger partial charge in [0.2, 0.25) is 0 Å². The minimum absolute atomic E-state index is 0.164. The standard InChI is InChI=1S/C26H24N2O4/c1-31-21-14-12-20(13-15-21)25-24(27-23(29)18-32-22-10-6-3-7-11-22)26(30)28(25)17-16-19-8-4-2-5-9-19/h2-17,24-25H,18H2,1H3,(H,27,29)/b17-16+. The number of para-hydroxylation sites is 1. The van der Waals surface area contributed by atoms with Crippen LogP contribution in [0.2, 0.25) is 0 Å². The van der Waals surface area contributed by atoms with Gasteiger partial charge in [-0.2, -0.15) is 0 Å². The first kappa shape index (κ1) is 21.2. The number of methoxy groups -OCH3 is 1. The second-order valence-electron chi connectivity index (χ2n) is 7.34. The monoisotopic (exact) mass is 428 g/mol. The van der Waals surface area contributed by atoms with Crippen LogP contribution in [0.1, 0.15) is 17.2 Å². The van der Waals surface area contributed by atoms with Gasteiger partial charge < -0.3 is 19.7 Å². The Morgan fingerprint density at radius 2 is 1.59 bits per heavy atom. The first-order valence-electron chi connectivity index (χ1n) is 10.3. The topological polar surface area (TPSA) is 67.9 Å². The third kappa shape index (κ3) is 4.81. The molecule has 0 saturated carbocycles. The van der Waals surface area contributed by atoms with Crippen LogP contribution < -0.4 is 14.8 Å². The molecule has 0 radical (unpaired) electrons. The van der Waals surface area contributed by atoms with Gasteiger partial charge in [-0.05, 0) is 41.5 Å². The van der Waals surface area contributed by atoms with Gasteiger partial charge in [0.25, 0.3) is 11.8 Å². The van der Waals surface area contributed by atoms with Crippen LogP contribution >= 0.6 is 0 Å². The molecule has 0 bridgehead atoms. The van der Waals surface area contributed by atoms with E-state index in [9.17, 15) is 9.59 Å². The smallest absolute Gasteiger partial charge is 0.258 e. The number of carbonyl (C=O) groups excluding carboxylic acids is 2. The molecule has 2 amide bonds. The van der Waals surface area contributed by atoms with Crippen LogP contribution in [0, 0.1) is 0 Å². The molecule has 1 N–H and O–H groups in total. The Morgan fingerprint density at radius 3 is 2.25 bits per heavy atom. The summed E-state index contributed by atoms with van der Waals surface area (Å²) in [5, 5.41) is 2.82. The predicted octanol–water partition coefficient (Wildman–Crippen LogP) is 3.81. The van der Waals surface area contributed by atoms with E-state index in [1.54, 1.807) is 30.3 Å². The third-order valence-electron chi connectivity index (χ3n) is 5.25. The van der Waals surface area contributed by atoms with Gasteiger partial charge in [0, 0.05) is 6.20 Å². The van der Waals surface area contributed by atoms with Gasteiger partial charge in [-0.3, -0.25) is 9.59 Å². The lowest BCUT2D eigenvalue weighted by Crippen LogP contribution is -2.64. The number of ether oxygens (including phenoxy) is 2. The predicted molar refractivity (Wildman–Crippen MR) is 122 cm³/mol. The molecule has 1 aliphatic rings. The molecule has 1 heterocycles. The van der Waals surface area contributed by atoms with Gasteiger partial charge in [-0.1, -0.05) is 60.7 Å². The summed E-state index contributed by atoms with van der Waals surface area (Å²) in [4.78, 5) is 27.0.